The van der Waals surface area contributed by atoms with E-state index in [2.05, 4.69) is 5.32 Å². The highest BCUT2D eigenvalue weighted by atomic mass is 35.5. The van der Waals surface area contributed by atoms with Crippen LogP contribution in [0, 0.1) is 0 Å². The average Bonchev–Trinajstić information content (AvgIpc) is 2.80. The Kier molecular flexibility index (Phi) is 7.93. The van der Waals surface area contributed by atoms with Crippen LogP contribution in [0.5, 0.6) is 5.75 Å². The van der Waals surface area contributed by atoms with E-state index < -0.39 is 17.3 Å². The lowest BCUT2D eigenvalue weighted by molar-refractivity contribution is -0.137. The van der Waals surface area contributed by atoms with E-state index in [1.807, 2.05) is 37.3 Å². The average molecular weight is 490 g/mol. The Morgan fingerprint density at radius 1 is 0.912 bits per heavy atom. The Bertz CT molecular complexity index is 1080. The van der Waals surface area contributed by atoms with Gasteiger partial charge in [0.2, 0.25) is 0 Å². The number of nitrogens with one attached hydrogen (secondary N) is 1. The van der Waals surface area contributed by atoms with Crippen molar-refractivity contribution in [2.24, 2.45) is 0 Å². The topological polar surface area (TPSA) is 38.3 Å². The van der Waals surface area contributed by atoms with Crippen LogP contribution in [0.25, 0.3) is 0 Å². The highest BCUT2D eigenvalue weighted by Gasteiger charge is 2.32. The zero-order chi connectivity index (χ0) is 24.9. The van der Waals surface area contributed by atoms with Crippen molar-refractivity contribution in [2.75, 3.05) is 6.54 Å². The number of ether oxygens (including phenoxy) is 1. The number of carbonyl (C=O) groups excluding carboxylic acids is 1. The van der Waals surface area contributed by atoms with E-state index in [9.17, 15) is 18.0 Å². The largest absolute Gasteiger partial charge is 0.478 e. The molecule has 1 amide bonds. The van der Waals surface area contributed by atoms with Crippen LogP contribution < -0.4 is 10.1 Å². The van der Waals surface area contributed by atoms with E-state index >= 15 is 0 Å². The van der Waals surface area contributed by atoms with Gasteiger partial charge in [-0.15, -0.1) is 0 Å². The fourth-order valence-electron chi connectivity index (χ4n) is 3.75. The van der Waals surface area contributed by atoms with Crippen molar-refractivity contribution in [3.63, 3.8) is 0 Å². The van der Waals surface area contributed by atoms with Gasteiger partial charge in [0, 0.05) is 17.5 Å². The molecule has 3 nitrogen and oxygen atoms in total. The molecule has 0 spiro atoms. The Morgan fingerprint density at radius 2 is 1.50 bits per heavy atom. The molecule has 0 aliphatic rings. The smallest absolute Gasteiger partial charge is 0.416 e. The summed E-state index contributed by atoms with van der Waals surface area (Å²) < 4.78 is 44.8. The fraction of sp³-hybridized carbons (Fsp3) is 0.296. The lowest BCUT2D eigenvalue weighted by atomic mass is 9.82. The second kappa shape index (κ2) is 10.5. The van der Waals surface area contributed by atoms with Gasteiger partial charge in [-0.3, -0.25) is 4.79 Å². The number of carbonyl (C=O) groups is 1. The maximum atomic E-state index is 13.0. The Balaban J connectivity index is 1.76. The van der Waals surface area contributed by atoms with Crippen molar-refractivity contribution in [2.45, 2.75) is 44.4 Å². The molecule has 3 aromatic rings. The molecule has 0 aromatic heterocycles. The quantitative estimate of drug-likeness (QED) is 0.362. The molecule has 0 aliphatic heterocycles. The van der Waals surface area contributed by atoms with Gasteiger partial charge in [-0.05, 0) is 67.3 Å². The SMILES string of the molecule is CC(c1ccc(C(F)(F)F)cc1)C(CNC(=O)C(C)(C)Oc1ccc(Cl)cc1)c1ccccc1. The van der Waals surface area contributed by atoms with Crippen LogP contribution in [0.1, 0.15) is 49.3 Å². The van der Waals surface area contributed by atoms with E-state index in [0.717, 1.165) is 23.3 Å². The molecule has 0 saturated carbocycles. The van der Waals surface area contributed by atoms with Crippen LogP contribution in [0.4, 0.5) is 13.2 Å². The molecule has 180 valence electrons. The van der Waals surface area contributed by atoms with Gasteiger partial charge in [0.05, 0.1) is 5.56 Å². The van der Waals surface area contributed by atoms with Gasteiger partial charge in [-0.25, -0.2) is 0 Å². The van der Waals surface area contributed by atoms with Gasteiger partial charge in [-0.1, -0.05) is 61.0 Å². The third-order valence-electron chi connectivity index (χ3n) is 5.81. The first kappa shape index (κ1) is 25.6. The predicted octanol–water partition coefficient (Wildman–Crippen LogP) is 7.22. The molecule has 3 rings (SSSR count). The van der Waals surface area contributed by atoms with E-state index in [4.69, 9.17) is 16.3 Å². The molecule has 7 heteroatoms. The summed E-state index contributed by atoms with van der Waals surface area (Å²) in [5, 5.41) is 3.54. The van der Waals surface area contributed by atoms with Crippen molar-refractivity contribution < 1.29 is 22.7 Å². The normalized spacial score (nSPS) is 13.7. The van der Waals surface area contributed by atoms with E-state index in [-0.39, 0.29) is 17.7 Å². The molecular weight excluding hydrogens is 463 g/mol. The summed E-state index contributed by atoms with van der Waals surface area (Å²) in [6.45, 7) is 5.59. The summed E-state index contributed by atoms with van der Waals surface area (Å²) in [6, 6.07) is 21.5. The predicted molar refractivity (Wildman–Crippen MR) is 128 cm³/mol. The van der Waals surface area contributed by atoms with Gasteiger partial charge >= 0.3 is 6.18 Å². The molecule has 0 saturated heterocycles. The summed E-state index contributed by atoms with van der Waals surface area (Å²) in [5.41, 5.74) is -0.0966. The third kappa shape index (κ3) is 6.54. The van der Waals surface area contributed by atoms with Crippen molar-refractivity contribution >= 4 is 17.5 Å². The first-order valence-corrected chi connectivity index (χ1v) is 11.3. The zero-order valence-electron chi connectivity index (χ0n) is 19.2. The molecule has 0 heterocycles. The molecule has 34 heavy (non-hydrogen) atoms. The summed E-state index contributed by atoms with van der Waals surface area (Å²) in [4.78, 5) is 13.0. The molecular formula is C27H27ClF3NO2. The number of benzene rings is 3. The van der Waals surface area contributed by atoms with Gasteiger partial charge in [-0.2, -0.15) is 13.2 Å². The second-order valence-corrected chi connectivity index (χ2v) is 9.14. The van der Waals surface area contributed by atoms with Crippen LogP contribution >= 0.6 is 11.6 Å². The minimum atomic E-state index is -4.38. The van der Waals surface area contributed by atoms with E-state index in [1.165, 1.54) is 12.1 Å². The van der Waals surface area contributed by atoms with Crippen LogP contribution in [-0.2, 0) is 11.0 Å². The number of hydrogen-bond acceptors (Lipinski definition) is 2. The third-order valence-corrected chi connectivity index (χ3v) is 6.06. The summed E-state index contributed by atoms with van der Waals surface area (Å²) in [6.07, 6.45) is -4.38. The van der Waals surface area contributed by atoms with E-state index in [0.29, 0.717) is 17.3 Å². The summed E-state index contributed by atoms with van der Waals surface area (Å²) in [5.74, 6) is -0.0937. The number of halogens is 4. The molecule has 3 aromatic carbocycles. The first-order chi connectivity index (χ1) is 16.0. The highest BCUT2D eigenvalue weighted by molar-refractivity contribution is 6.30. The highest BCUT2D eigenvalue weighted by Crippen LogP contribution is 2.35. The molecule has 2 atom stereocenters. The van der Waals surface area contributed by atoms with Crippen LogP contribution in [0.2, 0.25) is 5.02 Å². The summed E-state index contributed by atoms with van der Waals surface area (Å²) in [7, 11) is 0. The zero-order valence-corrected chi connectivity index (χ0v) is 20.0. The van der Waals surface area contributed by atoms with Gasteiger partial charge in [0.1, 0.15) is 5.75 Å². The molecule has 0 fully saturated rings. The van der Waals surface area contributed by atoms with Gasteiger partial charge in [0.15, 0.2) is 5.60 Å². The van der Waals surface area contributed by atoms with E-state index in [1.54, 1.807) is 38.1 Å². The Hall–Kier alpha value is -2.99. The molecule has 2 unspecified atom stereocenters. The number of hydrogen-bond donors (Lipinski definition) is 1. The van der Waals surface area contributed by atoms with Crippen molar-refractivity contribution in [1.82, 2.24) is 5.32 Å². The molecule has 0 aliphatic carbocycles. The number of amides is 1. The van der Waals surface area contributed by atoms with Crippen LogP contribution in [0.3, 0.4) is 0 Å². The molecule has 0 bridgehead atoms. The monoisotopic (exact) mass is 489 g/mol. The minimum absolute atomic E-state index is 0.148. The standard InChI is InChI=1S/C27H27ClF3NO2/c1-18(19-9-11-21(12-10-19)27(29,30)31)24(20-7-5-4-6-8-20)17-32-25(33)26(2,3)34-23-15-13-22(28)14-16-23/h4-16,18,24H,17H2,1-3H3,(H,32,33). The minimum Gasteiger partial charge on any atom is -0.478 e. The van der Waals surface area contributed by atoms with Crippen LogP contribution in [-0.4, -0.2) is 18.1 Å². The molecule has 0 radical (unpaired) electrons. The second-order valence-electron chi connectivity index (χ2n) is 8.70. The fourth-order valence-corrected chi connectivity index (χ4v) is 3.88. The van der Waals surface area contributed by atoms with Crippen molar-refractivity contribution in [3.8, 4) is 5.75 Å². The lowest BCUT2D eigenvalue weighted by Gasteiger charge is -2.29. The molecule has 1 N–H and O–H groups in total. The van der Waals surface area contributed by atoms with Crippen molar-refractivity contribution in [3.05, 3.63) is 101 Å². The van der Waals surface area contributed by atoms with Gasteiger partial charge < -0.3 is 10.1 Å². The maximum absolute atomic E-state index is 13.0. The Morgan fingerprint density at radius 3 is 2.06 bits per heavy atom. The number of rotatable bonds is 8. The first-order valence-electron chi connectivity index (χ1n) is 10.9. The number of alkyl halides is 3. The Labute approximate surface area is 202 Å². The maximum Gasteiger partial charge on any atom is 0.416 e. The van der Waals surface area contributed by atoms with Crippen molar-refractivity contribution in [1.29, 1.82) is 0 Å². The van der Waals surface area contributed by atoms with Crippen LogP contribution in [0.15, 0.2) is 78.9 Å². The summed E-state index contributed by atoms with van der Waals surface area (Å²) >= 11 is 5.91. The van der Waals surface area contributed by atoms with Gasteiger partial charge in [0.25, 0.3) is 5.91 Å². The lowest BCUT2D eigenvalue weighted by Crippen LogP contribution is -2.47.